The number of H-pyrrole nitrogens is 2. The van der Waals surface area contributed by atoms with E-state index >= 15 is 0 Å². The van der Waals surface area contributed by atoms with Gasteiger partial charge in [0, 0.05) is 31.4 Å². The Hall–Kier alpha value is -1.92. The minimum absolute atomic E-state index is 0.360. The molecule has 2 fully saturated rings. The van der Waals surface area contributed by atoms with Gasteiger partial charge in [0.15, 0.2) is 0 Å². The third kappa shape index (κ3) is 2.64. The van der Waals surface area contributed by atoms with E-state index in [4.69, 9.17) is 15.5 Å². The van der Waals surface area contributed by atoms with Gasteiger partial charge in [-0.05, 0) is 50.0 Å². The number of ether oxygens (including phenoxy) is 1. The largest absolute Gasteiger partial charge is 0.381 e. The van der Waals surface area contributed by atoms with Crippen LogP contribution in [-0.2, 0) is 4.74 Å². The lowest BCUT2D eigenvalue weighted by atomic mass is 9.86. The van der Waals surface area contributed by atoms with Crippen LogP contribution in [0.25, 0.3) is 22.1 Å². The van der Waals surface area contributed by atoms with E-state index in [1.54, 1.807) is 0 Å². The fraction of sp³-hybridized carbons (Fsp3) is 0.579. The van der Waals surface area contributed by atoms with Crippen LogP contribution in [0, 0.1) is 0 Å². The van der Waals surface area contributed by atoms with Crippen molar-refractivity contribution in [3.8, 4) is 0 Å². The van der Waals surface area contributed by atoms with Crippen LogP contribution in [0.15, 0.2) is 12.4 Å². The number of aromatic nitrogens is 4. The van der Waals surface area contributed by atoms with Gasteiger partial charge in [0.1, 0.15) is 17.0 Å². The zero-order valence-corrected chi connectivity index (χ0v) is 14.4. The third-order valence-corrected chi connectivity index (χ3v) is 6.02. The molecule has 0 bridgehead atoms. The van der Waals surface area contributed by atoms with Crippen molar-refractivity contribution in [3.63, 3.8) is 0 Å². The molecule has 1 saturated carbocycles. The highest BCUT2D eigenvalue weighted by Crippen LogP contribution is 2.37. The molecule has 1 aliphatic heterocycles. The summed E-state index contributed by atoms with van der Waals surface area (Å²) in [6.07, 6.45) is 10.6. The van der Waals surface area contributed by atoms with Crippen LogP contribution in [0.3, 0.4) is 0 Å². The van der Waals surface area contributed by atoms with Crippen molar-refractivity contribution in [2.45, 2.75) is 56.4 Å². The first-order valence-corrected chi connectivity index (χ1v) is 9.48. The second-order valence-corrected chi connectivity index (χ2v) is 7.61. The molecule has 0 amide bonds. The fourth-order valence-electron chi connectivity index (χ4n) is 4.51. The zero-order chi connectivity index (χ0) is 16.8. The first kappa shape index (κ1) is 15.3. The van der Waals surface area contributed by atoms with Gasteiger partial charge in [0.05, 0.1) is 17.1 Å². The van der Waals surface area contributed by atoms with Crippen molar-refractivity contribution in [3.05, 3.63) is 23.8 Å². The lowest BCUT2D eigenvalue weighted by molar-refractivity contribution is 0.0856. The summed E-state index contributed by atoms with van der Waals surface area (Å²) in [7, 11) is 0. The standard InChI is InChI=1S/C19H25N5O/c20-13-3-1-12(2-4-13)18-23-15-10-22-19-16(17(15)24-18)14(9-21-19)11-5-7-25-8-6-11/h9-13H,1-8,20H2,(H,21,22)(H,23,24). The highest BCUT2D eigenvalue weighted by atomic mass is 16.5. The lowest BCUT2D eigenvalue weighted by Crippen LogP contribution is -2.26. The van der Waals surface area contributed by atoms with Gasteiger partial charge in [-0.15, -0.1) is 0 Å². The molecule has 4 heterocycles. The third-order valence-electron chi connectivity index (χ3n) is 6.02. The summed E-state index contributed by atoms with van der Waals surface area (Å²) >= 11 is 0. The Balaban J connectivity index is 1.58. The number of hydrogen-bond acceptors (Lipinski definition) is 4. The molecule has 0 atom stereocenters. The van der Waals surface area contributed by atoms with Gasteiger partial charge < -0.3 is 20.4 Å². The number of rotatable bonds is 2. The summed E-state index contributed by atoms with van der Waals surface area (Å²) < 4.78 is 5.53. The Morgan fingerprint density at radius 2 is 1.84 bits per heavy atom. The molecule has 6 nitrogen and oxygen atoms in total. The van der Waals surface area contributed by atoms with E-state index in [1.165, 1.54) is 10.9 Å². The quantitative estimate of drug-likeness (QED) is 0.668. The van der Waals surface area contributed by atoms with Gasteiger partial charge in [0.2, 0.25) is 0 Å². The van der Waals surface area contributed by atoms with Crippen molar-refractivity contribution in [2.75, 3.05) is 13.2 Å². The second-order valence-electron chi connectivity index (χ2n) is 7.61. The molecule has 0 aromatic carbocycles. The van der Waals surface area contributed by atoms with Crippen LogP contribution in [0.4, 0.5) is 0 Å². The highest BCUT2D eigenvalue weighted by molar-refractivity contribution is 6.03. The summed E-state index contributed by atoms with van der Waals surface area (Å²) in [6, 6.07) is 0.360. The molecule has 1 saturated heterocycles. The number of imidazole rings is 1. The minimum atomic E-state index is 0.360. The van der Waals surface area contributed by atoms with Crippen LogP contribution in [-0.4, -0.2) is 39.2 Å². The highest BCUT2D eigenvalue weighted by Gasteiger charge is 2.25. The molecule has 25 heavy (non-hydrogen) atoms. The zero-order valence-electron chi connectivity index (χ0n) is 14.4. The molecule has 2 aliphatic rings. The molecule has 5 rings (SSSR count). The maximum atomic E-state index is 6.06. The van der Waals surface area contributed by atoms with Crippen LogP contribution >= 0.6 is 0 Å². The van der Waals surface area contributed by atoms with Crippen LogP contribution in [0.5, 0.6) is 0 Å². The van der Waals surface area contributed by atoms with E-state index in [0.29, 0.717) is 17.9 Å². The number of fused-ring (bicyclic) bond motifs is 3. The van der Waals surface area contributed by atoms with E-state index in [-0.39, 0.29) is 0 Å². The van der Waals surface area contributed by atoms with E-state index in [0.717, 1.165) is 74.2 Å². The summed E-state index contributed by atoms with van der Waals surface area (Å²) in [6.45, 7) is 1.68. The Kier molecular flexibility index (Phi) is 3.75. The molecule has 3 aromatic heterocycles. The molecule has 132 valence electrons. The maximum Gasteiger partial charge on any atom is 0.139 e. The average molecular weight is 339 g/mol. The fourth-order valence-corrected chi connectivity index (χ4v) is 4.51. The topological polar surface area (TPSA) is 92.6 Å². The van der Waals surface area contributed by atoms with Gasteiger partial charge in [-0.1, -0.05) is 0 Å². The summed E-state index contributed by atoms with van der Waals surface area (Å²) in [5.74, 6) is 2.13. The number of hydrogen-bond donors (Lipinski definition) is 3. The van der Waals surface area contributed by atoms with Gasteiger partial charge in [-0.25, -0.2) is 9.97 Å². The molecule has 3 aromatic rings. The van der Waals surface area contributed by atoms with E-state index in [2.05, 4.69) is 21.1 Å². The van der Waals surface area contributed by atoms with Crippen molar-refractivity contribution in [1.82, 2.24) is 19.9 Å². The average Bonchev–Trinajstić information content (AvgIpc) is 3.26. The van der Waals surface area contributed by atoms with E-state index in [9.17, 15) is 0 Å². The monoisotopic (exact) mass is 339 g/mol. The molecule has 0 unspecified atom stereocenters. The molecular weight excluding hydrogens is 314 g/mol. The second kappa shape index (κ2) is 6.11. The van der Waals surface area contributed by atoms with E-state index < -0.39 is 0 Å². The molecule has 0 radical (unpaired) electrons. The Morgan fingerprint density at radius 1 is 1.04 bits per heavy atom. The van der Waals surface area contributed by atoms with Gasteiger partial charge in [-0.3, -0.25) is 0 Å². The summed E-state index contributed by atoms with van der Waals surface area (Å²) in [4.78, 5) is 16.5. The van der Waals surface area contributed by atoms with Gasteiger partial charge in [-0.2, -0.15) is 0 Å². The van der Waals surface area contributed by atoms with Crippen LogP contribution in [0.1, 0.15) is 61.7 Å². The summed E-state index contributed by atoms with van der Waals surface area (Å²) in [5.41, 5.74) is 10.5. The maximum absolute atomic E-state index is 6.06. The molecule has 1 aliphatic carbocycles. The first-order valence-electron chi connectivity index (χ1n) is 9.48. The molecular formula is C19H25N5O. The van der Waals surface area contributed by atoms with E-state index in [1.807, 2.05) is 6.20 Å². The molecule has 4 N–H and O–H groups in total. The van der Waals surface area contributed by atoms with Gasteiger partial charge >= 0.3 is 0 Å². The molecule has 6 heteroatoms. The predicted octanol–water partition coefficient (Wildman–Crippen LogP) is 3.32. The Labute approximate surface area is 146 Å². The predicted molar refractivity (Wildman–Crippen MR) is 97.7 cm³/mol. The van der Waals surface area contributed by atoms with Crippen molar-refractivity contribution < 1.29 is 4.74 Å². The Bertz CT molecular complexity index is 884. The number of aromatic amines is 2. The molecule has 0 spiro atoms. The SMILES string of the molecule is NC1CCC(c2nc3c(cnc4[nH]cc(C5CCOCC5)c43)[nH]2)CC1. The first-order chi connectivity index (χ1) is 12.3. The minimum Gasteiger partial charge on any atom is -0.381 e. The Morgan fingerprint density at radius 3 is 2.64 bits per heavy atom. The number of nitrogens with two attached hydrogens (primary N) is 1. The van der Waals surface area contributed by atoms with Gasteiger partial charge in [0.25, 0.3) is 0 Å². The number of nitrogens with one attached hydrogen (secondary N) is 2. The van der Waals surface area contributed by atoms with Crippen molar-refractivity contribution in [2.24, 2.45) is 5.73 Å². The van der Waals surface area contributed by atoms with Crippen LogP contribution < -0.4 is 5.73 Å². The smallest absolute Gasteiger partial charge is 0.139 e. The number of pyridine rings is 1. The number of nitrogens with zero attached hydrogens (tertiary/aromatic N) is 2. The normalized spacial score (nSPS) is 25.8. The summed E-state index contributed by atoms with van der Waals surface area (Å²) in [5, 5.41) is 1.19. The lowest BCUT2D eigenvalue weighted by Gasteiger charge is -2.24. The van der Waals surface area contributed by atoms with Crippen LogP contribution in [0.2, 0.25) is 0 Å². The van der Waals surface area contributed by atoms with Crippen molar-refractivity contribution >= 4 is 22.1 Å². The van der Waals surface area contributed by atoms with Crippen molar-refractivity contribution in [1.29, 1.82) is 0 Å².